The minimum Gasteiger partial charge on any atom is -0.476 e. The van der Waals surface area contributed by atoms with Crippen molar-refractivity contribution in [2.75, 3.05) is 14.1 Å². The summed E-state index contributed by atoms with van der Waals surface area (Å²) in [6, 6.07) is 1.62. The van der Waals surface area contributed by atoms with E-state index in [2.05, 4.69) is 10.1 Å². The van der Waals surface area contributed by atoms with Crippen LogP contribution in [-0.4, -0.2) is 50.7 Å². The Kier molecular flexibility index (Phi) is 3.61. The predicted molar refractivity (Wildman–Crippen MR) is 68.4 cm³/mol. The maximum absolute atomic E-state index is 11.7. The van der Waals surface area contributed by atoms with Crippen LogP contribution in [0, 0.1) is 0 Å². The lowest BCUT2D eigenvalue weighted by Gasteiger charge is -2.06. The van der Waals surface area contributed by atoms with Crippen LogP contribution in [-0.2, 0) is 6.54 Å². The fourth-order valence-corrected chi connectivity index (χ4v) is 2.08. The Labute approximate surface area is 113 Å². The normalized spacial score (nSPS) is 10.4. The van der Waals surface area contributed by atoms with E-state index >= 15 is 0 Å². The monoisotopic (exact) mass is 280 g/mol. The molecule has 0 atom stereocenters. The van der Waals surface area contributed by atoms with Gasteiger partial charge in [0.25, 0.3) is 5.91 Å². The van der Waals surface area contributed by atoms with Gasteiger partial charge >= 0.3 is 5.97 Å². The second kappa shape index (κ2) is 5.19. The second-order valence-corrected chi connectivity index (χ2v) is 4.91. The van der Waals surface area contributed by atoms with Crippen molar-refractivity contribution < 1.29 is 14.7 Å². The average Bonchev–Trinajstić information content (AvgIpc) is 2.97. The molecule has 100 valence electrons. The van der Waals surface area contributed by atoms with Gasteiger partial charge in [0.05, 0.1) is 12.2 Å². The molecule has 0 saturated heterocycles. The number of carboxylic acids is 1. The van der Waals surface area contributed by atoms with Crippen LogP contribution in [0.15, 0.2) is 17.6 Å². The standard InChI is InChI=1S/C11H12N4O3S/c1-14(2)10(16)8-3-4-15(13-8)5-7-6-19-9(12-7)11(17)18/h3-4,6H,5H2,1-2H3,(H,17,18). The summed E-state index contributed by atoms with van der Waals surface area (Å²) in [6.07, 6.45) is 1.66. The zero-order valence-electron chi connectivity index (χ0n) is 10.4. The molecular formula is C11H12N4O3S. The molecule has 0 unspecified atom stereocenters. The maximum Gasteiger partial charge on any atom is 0.365 e. The first-order valence-electron chi connectivity index (χ1n) is 5.40. The van der Waals surface area contributed by atoms with E-state index in [1.54, 1.807) is 36.4 Å². The highest BCUT2D eigenvalue weighted by Crippen LogP contribution is 2.11. The Morgan fingerprint density at radius 2 is 2.21 bits per heavy atom. The summed E-state index contributed by atoms with van der Waals surface area (Å²) in [4.78, 5) is 27.8. The molecule has 0 saturated carbocycles. The molecule has 0 fully saturated rings. The van der Waals surface area contributed by atoms with Crippen LogP contribution in [0.1, 0.15) is 26.0 Å². The Morgan fingerprint density at radius 3 is 2.79 bits per heavy atom. The van der Waals surface area contributed by atoms with Gasteiger partial charge in [-0.3, -0.25) is 9.48 Å². The number of carbonyl (C=O) groups is 2. The second-order valence-electron chi connectivity index (χ2n) is 4.05. The van der Waals surface area contributed by atoms with E-state index in [1.165, 1.54) is 4.90 Å². The molecule has 2 aromatic rings. The van der Waals surface area contributed by atoms with Crippen LogP contribution in [0.25, 0.3) is 0 Å². The third-order valence-electron chi connectivity index (χ3n) is 2.32. The van der Waals surface area contributed by atoms with Crippen molar-refractivity contribution in [3.8, 4) is 0 Å². The summed E-state index contributed by atoms with van der Waals surface area (Å²) >= 11 is 1.07. The van der Waals surface area contributed by atoms with Crippen LogP contribution in [0.5, 0.6) is 0 Å². The van der Waals surface area contributed by atoms with Gasteiger partial charge in [0, 0.05) is 25.7 Å². The lowest BCUT2D eigenvalue weighted by Crippen LogP contribution is -2.22. The van der Waals surface area contributed by atoms with Gasteiger partial charge in [0.15, 0.2) is 0 Å². The minimum atomic E-state index is -1.04. The summed E-state index contributed by atoms with van der Waals surface area (Å²) in [7, 11) is 3.31. The van der Waals surface area contributed by atoms with E-state index in [4.69, 9.17) is 5.11 Å². The van der Waals surface area contributed by atoms with E-state index in [0.717, 1.165) is 11.3 Å². The van der Waals surface area contributed by atoms with Crippen molar-refractivity contribution in [3.05, 3.63) is 34.0 Å². The molecule has 1 N–H and O–H groups in total. The lowest BCUT2D eigenvalue weighted by molar-refractivity contribution is 0.0695. The van der Waals surface area contributed by atoms with Gasteiger partial charge in [0.1, 0.15) is 5.69 Å². The molecule has 19 heavy (non-hydrogen) atoms. The molecule has 2 heterocycles. The Balaban J connectivity index is 2.11. The molecule has 8 heteroatoms. The molecule has 0 spiro atoms. The molecule has 0 aliphatic heterocycles. The van der Waals surface area contributed by atoms with Gasteiger partial charge in [0.2, 0.25) is 5.01 Å². The van der Waals surface area contributed by atoms with E-state index in [0.29, 0.717) is 17.9 Å². The molecule has 0 bridgehead atoms. The molecule has 0 aromatic carbocycles. The van der Waals surface area contributed by atoms with Crippen molar-refractivity contribution in [2.45, 2.75) is 6.54 Å². The molecule has 0 radical (unpaired) electrons. The first-order chi connectivity index (χ1) is 8.97. The minimum absolute atomic E-state index is 0.0479. The zero-order chi connectivity index (χ0) is 14.0. The summed E-state index contributed by atoms with van der Waals surface area (Å²) in [5.74, 6) is -1.22. The highest BCUT2D eigenvalue weighted by Gasteiger charge is 2.13. The summed E-state index contributed by atoms with van der Waals surface area (Å²) in [5, 5.41) is 14.6. The Morgan fingerprint density at radius 1 is 1.47 bits per heavy atom. The van der Waals surface area contributed by atoms with Gasteiger partial charge in [-0.1, -0.05) is 0 Å². The average molecular weight is 280 g/mol. The van der Waals surface area contributed by atoms with Gasteiger partial charge in [-0.2, -0.15) is 5.10 Å². The highest BCUT2D eigenvalue weighted by molar-refractivity contribution is 7.11. The van der Waals surface area contributed by atoms with Crippen molar-refractivity contribution in [1.29, 1.82) is 0 Å². The summed E-state index contributed by atoms with van der Waals surface area (Å²) in [5.41, 5.74) is 0.952. The molecule has 0 aliphatic rings. The molecule has 7 nitrogen and oxygen atoms in total. The number of nitrogens with zero attached hydrogens (tertiary/aromatic N) is 4. The Bertz CT molecular complexity index is 617. The smallest absolute Gasteiger partial charge is 0.365 e. The van der Waals surface area contributed by atoms with E-state index in [-0.39, 0.29) is 10.9 Å². The SMILES string of the molecule is CN(C)C(=O)c1ccn(Cc2csc(C(=O)O)n2)n1. The van der Waals surface area contributed by atoms with Gasteiger partial charge in [-0.25, -0.2) is 9.78 Å². The van der Waals surface area contributed by atoms with Crippen molar-refractivity contribution in [2.24, 2.45) is 0 Å². The number of carbonyl (C=O) groups excluding carboxylic acids is 1. The van der Waals surface area contributed by atoms with Crippen LogP contribution in [0.3, 0.4) is 0 Å². The van der Waals surface area contributed by atoms with Crippen molar-refractivity contribution in [1.82, 2.24) is 19.7 Å². The van der Waals surface area contributed by atoms with E-state index in [9.17, 15) is 9.59 Å². The third-order valence-corrected chi connectivity index (χ3v) is 3.20. The quantitative estimate of drug-likeness (QED) is 0.894. The largest absolute Gasteiger partial charge is 0.476 e. The Hall–Kier alpha value is -2.22. The van der Waals surface area contributed by atoms with Crippen molar-refractivity contribution >= 4 is 23.2 Å². The van der Waals surface area contributed by atoms with Gasteiger partial charge in [-0.05, 0) is 6.07 Å². The molecule has 0 aliphatic carbocycles. The lowest BCUT2D eigenvalue weighted by atomic mass is 10.4. The van der Waals surface area contributed by atoms with Crippen LogP contribution >= 0.6 is 11.3 Å². The number of aromatic carboxylic acids is 1. The van der Waals surface area contributed by atoms with Crippen LogP contribution in [0.4, 0.5) is 0 Å². The summed E-state index contributed by atoms with van der Waals surface area (Å²) in [6.45, 7) is 0.338. The number of aromatic nitrogens is 3. The summed E-state index contributed by atoms with van der Waals surface area (Å²) < 4.78 is 1.55. The molecule has 2 aromatic heterocycles. The fourth-order valence-electron chi connectivity index (χ4n) is 1.44. The predicted octanol–water partition coefficient (Wildman–Crippen LogP) is 0.788. The van der Waals surface area contributed by atoms with Crippen molar-refractivity contribution in [3.63, 3.8) is 0 Å². The fraction of sp³-hybridized carbons (Fsp3) is 0.273. The highest BCUT2D eigenvalue weighted by atomic mass is 32.1. The van der Waals surface area contributed by atoms with Gasteiger partial charge < -0.3 is 10.0 Å². The first kappa shape index (κ1) is 13.2. The maximum atomic E-state index is 11.7. The van der Waals surface area contributed by atoms with Gasteiger partial charge in [-0.15, -0.1) is 11.3 Å². The third kappa shape index (κ3) is 2.97. The number of hydrogen-bond donors (Lipinski definition) is 1. The molecule has 2 rings (SSSR count). The van der Waals surface area contributed by atoms with E-state index in [1.807, 2.05) is 0 Å². The molecular weight excluding hydrogens is 268 g/mol. The number of rotatable bonds is 4. The number of carboxylic acid groups (broad SMARTS) is 1. The number of thiazole rings is 1. The van der Waals surface area contributed by atoms with Crippen LogP contribution < -0.4 is 0 Å². The topological polar surface area (TPSA) is 88.3 Å². The number of amides is 1. The molecule has 1 amide bonds. The van der Waals surface area contributed by atoms with Crippen LogP contribution in [0.2, 0.25) is 0 Å². The number of hydrogen-bond acceptors (Lipinski definition) is 5. The zero-order valence-corrected chi connectivity index (χ0v) is 11.2. The van der Waals surface area contributed by atoms with E-state index < -0.39 is 5.97 Å². The first-order valence-corrected chi connectivity index (χ1v) is 6.28.